The lowest BCUT2D eigenvalue weighted by Gasteiger charge is -2.04. The zero-order valence-corrected chi connectivity index (χ0v) is 11.6. The summed E-state index contributed by atoms with van der Waals surface area (Å²) in [4.78, 5) is 21.3. The van der Waals surface area contributed by atoms with Crippen molar-refractivity contribution in [1.82, 2.24) is 9.97 Å². The normalized spacial score (nSPS) is 10.4. The van der Waals surface area contributed by atoms with Gasteiger partial charge in [0.1, 0.15) is 5.15 Å². The molecule has 0 aliphatic rings. The maximum atomic E-state index is 12.0. The number of hydrogen-bond donors (Lipinski definition) is 1. The van der Waals surface area contributed by atoms with Crippen LogP contribution in [0.4, 0.5) is 5.13 Å². The smallest absolute Gasteiger partial charge is 0.257 e. The quantitative estimate of drug-likeness (QED) is 0.878. The van der Waals surface area contributed by atoms with E-state index in [1.54, 1.807) is 18.3 Å². The molecule has 6 heteroatoms. The van der Waals surface area contributed by atoms with Crippen LogP contribution in [0.25, 0.3) is 0 Å². The van der Waals surface area contributed by atoms with E-state index in [0.717, 1.165) is 17.0 Å². The van der Waals surface area contributed by atoms with Crippen LogP contribution in [0.1, 0.15) is 27.9 Å². The molecule has 0 saturated heterocycles. The van der Waals surface area contributed by atoms with Gasteiger partial charge in [-0.2, -0.15) is 0 Å². The third kappa shape index (κ3) is 3.05. The molecule has 0 saturated carbocycles. The Morgan fingerprint density at radius 3 is 2.89 bits per heavy atom. The highest BCUT2D eigenvalue weighted by molar-refractivity contribution is 7.15. The molecule has 0 radical (unpaired) electrons. The molecular formula is C12H12ClN3OS. The number of aryl methyl sites for hydroxylation is 2. The molecule has 1 N–H and O–H groups in total. The van der Waals surface area contributed by atoms with Crippen molar-refractivity contribution in [3.63, 3.8) is 0 Å². The van der Waals surface area contributed by atoms with Crippen LogP contribution in [0.2, 0.25) is 5.15 Å². The van der Waals surface area contributed by atoms with Gasteiger partial charge in [-0.1, -0.05) is 18.5 Å². The number of halogens is 1. The Kier molecular flexibility index (Phi) is 3.93. The molecule has 4 nitrogen and oxygen atoms in total. The monoisotopic (exact) mass is 281 g/mol. The summed E-state index contributed by atoms with van der Waals surface area (Å²) in [7, 11) is 0. The Balaban J connectivity index is 2.20. The maximum absolute atomic E-state index is 12.0. The molecule has 94 valence electrons. The predicted molar refractivity (Wildman–Crippen MR) is 73.4 cm³/mol. The average molecular weight is 282 g/mol. The van der Waals surface area contributed by atoms with Gasteiger partial charge in [-0.15, -0.1) is 11.3 Å². The van der Waals surface area contributed by atoms with Crippen LogP contribution in [0.5, 0.6) is 0 Å². The number of nitrogens with zero attached hydrogens (tertiary/aromatic N) is 2. The Morgan fingerprint density at radius 2 is 2.28 bits per heavy atom. The van der Waals surface area contributed by atoms with Crippen molar-refractivity contribution in [1.29, 1.82) is 0 Å². The first-order valence-corrected chi connectivity index (χ1v) is 6.68. The van der Waals surface area contributed by atoms with Crippen molar-refractivity contribution in [3.8, 4) is 0 Å². The third-order valence-electron chi connectivity index (χ3n) is 2.31. The number of rotatable bonds is 3. The van der Waals surface area contributed by atoms with Crippen LogP contribution in [0.3, 0.4) is 0 Å². The number of anilines is 1. The Bertz CT molecular complexity index is 582. The lowest BCUT2D eigenvalue weighted by Crippen LogP contribution is -2.12. The van der Waals surface area contributed by atoms with Gasteiger partial charge < -0.3 is 0 Å². The number of aromatic nitrogens is 2. The molecule has 18 heavy (non-hydrogen) atoms. The van der Waals surface area contributed by atoms with Crippen molar-refractivity contribution < 1.29 is 4.79 Å². The molecule has 0 unspecified atom stereocenters. The van der Waals surface area contributed by atoms with Crippen LogP contribution >= 0.6 is 22.9 Å². The van der Waals surface area contributed by atoms with Gasteiger partial charge in [0.15, 0.2) is 5.13 Å². The maximum Gasteiger partial charge on any atom is 0.257 e. The lowest BCUT2D eigenvalue weighted by molar-refractivity contribution is 0.102. The predicted octanol–water partition coefficient (Wildman–Crippen LogP) is 3.31. The average Bonchev–Trinajstić information content (AvgIpc) is 2.73. The Labute approximate surface area is 114 Å². The number of hydrogen-bond acceptors (Lipinski definition) is 4. The van der Waals surface area contributed by atoms with Crippen LogP contribution < -0.4 is 5.32 Å². The minimum atomic E-state index is -0.219. The number of thiazole rings is 1. The van der Waals surface area contributed by atoms with E-state index >= 15 is 0 Å². The van der Waals surface area contributed by atoms with Crippen LogP contribution in [0.15, 0.2) is 18.3 Å². The van der Waals surface area contributed by atoms with E-state index in [1.165, 1.54) is 11.3 Å². The lowest BCUT2D eigenvalue weighted by atomic mass is 10.2. The van der Waals surface area contributed by atoms with Crippen LogP contribution in [-0.2, 0) is 6.42 Å². The fourth-order valence-electron chi connectivity index (χ4n) is 1.45. The Hall–Kier alpha value is -1.46. The number of carbonyl (C=O) groups excluding carboxylic acids is 1. The first kappa shape index (κ1) is 13.0. The summed E-state index contributed by atoms with van der Waals surface area (Å²) in [5, 5.41) is 3.65. The van der Waals surface area contributed by atoms with Gasteiger partial charge in [-0.25, -0.2) is 9.97 Å². The van der Waals surface area contributed by atoms with E-state index in [0.29, 0.717) is 15.8 Å². The molecule has 2 heterocycles. The van der Waals surface area contributed by atoms with Gasteiger partial charge in [0.2, 0.25) is 0 Å². The van der Waals surface area contributed by atoms with E-state index in [9.17, 15) is 4.79 Å². The number of pyridine rings is 1. The van der Waals surface area contributed by atoms with Crippen molar-refractivity contribution in [2.75, 3.05) is 5.32 Å². The highest BCUT2D eigenvalue weighted by atomic mass is 35.5. The summed E-state index contributed by atoms with van der Waals surface area (Å²) >= 11 is 7.31. The van der Waals surface area contributed by atoms with Crippen LogP contribution in [0, 0.1) is 6.92 Å². The zero-order valence-electron chi connectivity index (χ0n) is 10.0. The standard InChI is InChI=1S/C12H12ClN3OS/c1-3-9-4-8(5-10(13)15-9)11(17)16-12-14-6-7(2)18-12/h4-6H,3H2,1-2H3,(H,14,16,17). The molecular weight excluding hydrogens is 270 g/mol. The molecule has 0 atom stereocenters. The molecule has 0 fully saturated rings. The number of nitrogens with one attached hydrogen (secondary N) is 1. The van der Waals surface area contributed by atoms with Gasteiger partial charge in [-0.05, 0) is 25.5 Å². The molecule has 1 amide bonds. The molecule has 0 bridgehead atoms. The highest BCUT2D eigenvalue weighted by Crippen LogP contribution is 2.18. The fraction of sp³-hybridized carbons (Fsp3) is 0.250. The Morgan fingerprint density at radius 1 is 1.50 bits per heavy atom. The van der Waals surface area contributed by atoms with Crippen molar-refractivity contribution in [2.24, 2.45) is 0 Å². The van der Waals surface area contributed by atoms with E-state index < -0.39 is 0 Å². The zero-order chi connectivity index (χ0) is 13.1. The molecule has 0 aliphatic heterocycles. The van der Waals surface area contributed by atoms with Gasteiger partial charge in [0, 0.05) is 22.3 Å². The van der Waals surface area contributed by atoms with Gasteiger partial charge >= 0.3 is 0 Å². The molecule has 2 aromatic heterocycles. The van der Waals surface area contributed by atoms with E-state index in [-0.39, 0.29) is 5.91 Å². The van der Waals surface area contributed by atoms with Crippen LogP contribution in [-0.4, -0.2) is 15.9 Å². The van der Waals surface area contributed by atoms with Gasteiger partial charge in [0.25, 0.3) is 5.91 Å². The van der Waals surface area contributed by atoms with E-state index in [4.69, 9.17) is 11.6 Å². The van der Waals surface area contributed by atoms with Crippen molar-refractivity contribution in [2.45, 2.75) is 20.3 Å². The van der Waals surface area contributed by atoms with E-state index in [1.807, 2.05) is 13.8 Å². The third-order valence-corrected chi connectivity index (χ3v) is 3.34. The molecule has 0 spiro atoms. The van der Waals surface area contributed by atoms with Crippen molar-refractivity contribution in [3.05, 3.63) is 39.6 Å². The topological polar surface area (TPSA) is 54.9 Å². The van der Waals surface area contributed by atoms with E-state index in [2.05, 4.69) is 15.3 Å². The second kappa shape index (κ2) is 5.46. The minimum Gasteiger partial charge on any atom is -0.298 e. The molecule has 0 aliphatic carbocycles. The number of carbonyl (C=O) groups is 1. The highest BCUT2D eigenvalue weighted by Gasteiger charge is 2.10. The van der Waals surface area contributed by atoms with Gasteiger partial charge in [0.05, 0.1) is 0 Å². The summed E-state index contributed by atoms with van der Waals surface area (Å²) in [6, 6.07) is 3.29. The summed E-state index contributed by atoms with van der Waals surface area (Å²) in [6.45, 7) is 3.90. The SMILES string of the molecule is CCc1cc(C(=O)Nc2ncc(C)s2)cc(Cl)n1. The second-order valence-electron chi connectivity index (χ2n) is 3.75. The summed E-state index contributed by atoms with van der Waals surface area (Å²) in [6.07, 6.45) is 2.45. The summed E-state index contributed by atoms with van der Waals surface area (Å²) in [5.74, 6) is -0.219. The second-order valence-corrected chi connectivity index (χ2v) is 5.38. The minimum absolute atomic E-state index is 0.219. The molecule has 2 aromatic rings. The first-order valence-electron chi connectivity index (χ1n) is 5.48. The van der Waals surface area contributed by atoms with Gasteiger partial charge in [-0.3, -0.25) is 10.1 Å². The molecule has 0 aromatic carbocycles. The summed E-state index contributed by atoms with van der Waals surface area (Å²) in [5.41, 5.74) is 1.29. The first-order chi connectivity index (χ1) is 8.58. The molecule has 2 rings (SSSR count). The summed E-state index contributed by atoms with van der Waals surface area (Å²) < 4.78 is 0. The van der Waals surface area contributed by atoms with Crippen molar-refractivity contribution >= 4 is 34.0 Å². The largest absolute Gasteiger partial charge is 0.298 e. The number of amides is 1. The fourth-order valence-corrected chi connectivity index (χ4v) is 2.33.